The first-order valence-corrected chi connectivity index (χ1v) is 12.5. The molecule has 2 aromatic carbocycles. The topological polar surface area (TPSA) is 35.5 Å². The van der Waals surface area contributed by atoms with Crippen LogP contribution in [0.2, 0.25) is 13.1 Å². The maximum Gasteiger partial charge on any atom is 0.308 e. The van der Waals surface area contributed by atoms with Crippen LogP contribution in [0, 0.1) is 0 Å². The van der Waals surface area contributed by atoms with E-state index in [1.807, 2.05) is 73.8 Å². The maximum absolute atomic E-state index is 12.6. The SMILES string of the molecule is C[Si](OP(C)(=O)O[Si](C)c1ccccc1)c1ccccc1. The number of hydrogen-bond donors (Lipinski definition) is 0. The van der Waals surface area contributed by atoms with Crippen LogP contribution in [0.1, 0.15) is 0 Å². The lowest BCUT2D eigenvalue weighted by Crippen LogP contribution is -2.32. The maximum atomic E-state index is 12.6. The predicted octanol–water partition coefficient (Wildman–Crippen LogP) is 2.90. The Labute approximate surface area is 129 Å². The Balaban J connectivity index is 2.00. The monoisotopic (exact) mass is 334 g/mol. The third kappa shape index (κ3) is 5.06. The van der Waals surface area contributed by atoms with Crippen LogP contribution < -0.4 is 10.4 Å². The molecule has 6 heteroatoms. The second-order valence-corrected chi connectivity index (χ2v) is 11.2. The Bertz CT molecular complexity index is 555. The summed E-state index contributed by atoms with van der Waals surface area (Å²) in [4.78, 5) is 0. The van der Waals surface area contributed by atoms with Crippen molar-refractivity contribution in [2.24, 2.45) is 0 Å². The Morgan fingerprint density at radius 2 is 1.10 bits per heavy atom. The van der Waals surface area contributed by atoms with Crippen LogP contribution in [0.15, 0.2) is 60.7 Å². The van der Waals surface area contributed by atoms with Gasteiger partial charge < -0.3 is 8.43 Å². The van der Waals surface area contributed by atoms with E-state index in [4.69, 9.17) is 8.43 Å². The third-order valence-corrected chi connectivity index (χ3v) is 10.1. The van der Waals surface area contributed by atoms with Gasteiger partial charge in [0.25, 0.3) is 18.1 Å². The molecule has 0 spiro atoms. The summed E-state index contributed by atoms with van der Waals surface area (Å²) in [5.74, 6) is 0. The molecule has 0 amide bonds. The highest BCUT2D eigenvalue weighted by atomic mass is 31.2. The van der Waals surface area contributed by atoms with Crippen LogP contribution in [0.5, 0.6) is 0 Å². The number of hydrogen-bond acceptors (Lipinski definition) is 3. The molecular formula is C15H19O3PSi2. The summed E-state index contributed by atoms with van der Waals surface area (Å²) in [5, 5.41) is 2.19. The summed E-state index contributed by atoms with van der Waals surface area (Å²) < 4.78 is 24.1. The van der Waals surface area contributed by atoms with E-state index < -0.39 is 25.7 Å². The molecule has 0 fully saturated rings. The Kier molecular flexibility index (Phi) is 5.73. The minimum Gasteiger partial charge on any atom is -0.346 e. The molecule has 0 aromatic heterocycles. The zero-order valence-corrected chi connectivity index (χ0v) is 15.3. The van der Waals surface area contributed by atoms with Crippen LogP contribution >= 0.6 is 7.60 Å². The lowest BCUT2D eigenvalue weighted by atomic mass is 10.4. The summed E-state index contributed by atoms with van der Waals surface area (Å²) >= 11 is 0. The Morgan fingerprint density at radius 3 is 1.43 bits per heavy atom. The highest BCUT2D eigenvalue weighted by Gasteiger charge is 2.27. The molecule has 0 bridgehead atoms. The van der Waals surface area contributed by atoms with Gasteiger partial charge in [-0.15, -0.1) is 0 Å². The van der Waals surface area contributed by atoms with E-state index in [0.717, 1.165) is 10.4 Å². The minimum absolute atomic E-state index is 1.10. The van der Waals surface area contributed by atoms with Gasteiger partial charge >= 0.3 is 7.60 Å². The normalized spacial score (nSPS) is 12.0. The van der Waals surface area contributed by atoms with Crippen molar-refractivity contribution in [2.75, 3.05) is 6.66 Å². The van der Waals surface area contributed by atoms with Gasteiger partial charge in [0.15, 0.2) is 0 Å². The lowest BCUT2D eigenvalue weighted by molar-refractivity contribution is 0.406. The summed E-state index contributed by atoms with van der Waals surface area (Å²) in [7, 11) is -5.69. The molecule has 0 heterocycles. The predicted molar refractivity (Wildman–Crippen MR) is 91.1 cm³/mol. The van der Waals surface area contributed by atoms with Crippen molar-refractivity contribution in [3.8, 4) is 0 Å². The molecule has 2 rings (SSSR count). The summed E-state index contributed by atoms with van der Waals surface area (Å²) in [6.45, 7) is 5.55. The molecule has 2 aromatic rings. The number of rotatable bonds is 6. The molecule has 3 nitrogen and oxygen atoms in total. The van der Waals surface area contributed by atoms with Crippen LogP contribution in [0.3, 0.4) is 0 Å². The van der Waals surface area contributed by atoms with Crippen LogP contribution in [0.4, 0.5) is 0 Å². The van der Waals surface area contributed by atoms with Gasteiger partial charge in [0, 0.05) is 6.66 Å². The first-order chi connectivity index (χ1) is 9.98. The van der Waals surface area contributed by atoms with Crippen LogP contribution in [0.25, 0.3) is 0 Å². The lowest BCUT2D eigenvalue weighted by Gasteiger charge is -2.21. The van der Waals surface area contributed by atoms with E-state index in [2.05, 4.69) is 0 Å². The van der Waals surface area contributed by atoms with Gasteiger partial charge in [0.05, 0.1) is 0 Å². The minimum atomic E-state index is -3.05. The molecule has 0 saturated carbocycles. The first kappa shape index (κ1) is 16.4. The molecule has 0 saturated heterocycles. The van der Waals surface area contributed by atoms with Crippen molar-refractivity contribution < 1.29 is 13.0 Å². The fraction of sp³-hybridized carbons (Fsp3) is 0.200. The van der Waals surface area contributed by atoms with Gasteiger partial charge in [-0.2, -0.15) is 0 Å². The fourth-order valence-corrected chi connectivity index (χ4v) is 8.60. The van der Waals surface area contributed by atoms with Gasteiger partial charge in [-0.25, -0.2) is 0 Å². The van der Waals surface area contributed by atoms with E-state index in [1.54, 1.807) is 6.66 Å². The highest BCUT2D eigenvalue weighted by molar-refractivity contribution is 7.55. The van der Waals surface area contributed by atoms with Gasteiger partial charge in [-0.1, -0.05) is 60.7 Å². The Hall–Kier alpha value is -0.976. The van der Waals surface area contributed by atoms with Crippen molar-refractivity contribution >= 4 is 36.0 Å². The molecule has 0 unspecified atom stereocenters. The first-order valence-electron chi connectivity index (χ1n) is 6.72. The van der Waals surface area contributed by atoms with E-state index in [-0.39, 0.29) is 0 Å². The number of benzene rings is 2. The summed E-state index contributed by atoms with van der Waals surface area (Å²) in [6.07, 6.45) is 0. The molecule has 0 aliphatic carbocycles. The molecule has 110 valence electrons. The van der Waals surface area contributed by atoms with Crippen LogP contribution in [-0.2, 0) is 13.0 Å². The Morgan fingerprint density at radius 1 is 0.762 bits per heavy atom. The van der Waals surface area contributed by atoms with E-state index in [0.29, 0.717) is 0 Å². The van der Waals surface area contributed by atoms with Crippen molar-refractivity contribution in [1.82, 2.24) is 0 Å². The van der Waals surface area contributed by atoms with Crippen molar-refractivity contribution in [2.45, 2.75) is 13.1 Å². The molecule has 0 atom stereocenters. The van der Waals surface area contributed by atoms with E-state index in [9.17, 15) is 4.57 Å². The van der Waals surface area contributed by atoms with E-state index in [1.165, 1.54) is 0 Å². The highest BCUT2D eigenvalue weighted by Crippen LogP contribution is 2.44. The van der Waals surface area contributed by atoms with Crippen molar-refractivity contribution in [3.05, 3.63) is 60.7 Å². The van der Waals surface area contributed by atoms with Crippen LogP contribution in [-0.4, -0.2) is 24.7 Å². The van der Waals surface area contributed by atoms with Crippen molar-refractivity contribution in [3.63, 3.8) is 0 Å². The third-order valence-electron chi connectivity index (χ3n) is 2.97. The van der Waals surface area contributed by atoms with Gasteiger partial charge in [0.1, 0.15) is 0 Å². The van der Waals surface area contributed by atoms with Gasteiger partial charge in [-0.05, 0) is 23.5 Å². The average molecular weight is 334 g/mol. The standard InChI is InChI=1S/C15H19O3PSi2/c1-19(16,17-20(2)14-10-6-4-7-11-14)18-21(3)15-12-8-5-9-13-15/h4-13H,1-3H3. The average Bonchev–Trinajstić information content (AvgIpc) is 2.48. The summed E-state index contributed by atoms with van der Waals surface area (Å²) in [5.41, 5.74) is 0. The second kappa shape index (κ2) is 7.34. The summed E-state index contributed by atoms with van der Waals surface area (Å²) in [6, 6.07) is 19.8. The van der Waals surface area contributed by atoms with Gasteiger partial charge in [0.2, 0.25) is 0 Å². The van der Waals surface area contributed by atoms with Crippen molar-refractivity contribution in [1.29, 1.82) is 0 Å². The molecular weight excluding hydrogens is 315 g/mol. The zero-order chi connectivity index (χ0) is 15.3. The molecule has 0 aliphatic rings. The quantitative estimate of drug-likeness (QED) is 0.602. The largest absolute Gasteiger partial charge is 0.346 e. The smallest absolute Gasteiger partial charge is 0.308 e. The molecule has 21 heavy (non-hydrogen) atoms. The molecule has 0 aliphatic heterocycles. The van der Waals surface area contributed by atoms with Gasteiger partial charge in [-0.3, -0.25) is 4.57 Å². The fourth-order valence-electron chi connectivity index (χ4n) is 1.97. The van der Waals surface area contributed by atoms with E-state index >= 15 is 0 Å². The molecule has 0 N–H and O–H groups in total. The second-order valence-electron chi connectivity index (χ2n) is 4.80. The zero-order valence-electron chi connectivity index (χ0n) is 12.4. The molecule has 2 radical (unpaired) electrons.